The number of carbonyl (C=O) groups excluding carboxylic acids is 2. The number of fused-ring (bicyclic) bond motifs is 1. The minimum atomic E-state index is -4.34. The Morgan fingerprint density at radius 3 is 2.64 bits per heavy atom. The number of hydrogen-bond donors (Lipinski definition) is 1. The molecule has 3 aromatic rings. The Morgan fingerprint density at radius 1 is 1.25 bits per heavy atom. The van der Waals surface area contributed by atoms with Gasteiger partial charge in [0.15, 0.2) is 0 Å². The van der Waals surface area contributed by atoms with Crippen LogP contribution in [0.4, 0.5) is 18.9 Å². The summed E-state index contributed by atoms with van der Waals surface area (Å²) in [6, 6.07) is 8.45. The minimum absolute atomic E-state index is 0.110. The van der Waals surface area contributed by atoms with Gasteiger partial charge in [0.25, 0.3) is 5.91 Å². The van der Waals surface area contributed by atoms with Crippen molar-refractivity contribution in [1.82, 2.24) is 14.5 Å². The largest absolute Gasteiger partial charge is 0.389 e. The van der Waals surface area contributed by atoms with Gasteiger partial charge in [-0.05, 0) is 55.0 Å². The maximum atomic E-state index is 12.8. The summed E-state index contributed by atoms with van der Waals surface area (Å²) in [6.45, 7) is 2.70. The molecule has 0 atom stereocenters. The maximum absolute atomic E-state index is 12.8. The number of nitriles is 1. The zero-order valence-electron chi connectivity index (χ0n) is 20.0. The van der Waals surface area contributed by atoms with Gasteiger partial charge in [-0.1, -0.05) is 6.07 Å². The SMILES string of the molecule is Cc1c(NC(=O)c2cccc(C#N)c2)cnc2c1c(C1CCN(C(=O)CCC(F)(F)F)CC1)cn2C. The van der Waals surface area contributed by atoms with Gasteiger partial charge in [0.1, 0.15) is 5.65 Å². The lowest BCUT2D eigenvalue weighted by molar-refractivity contribution is -0.149. The molecule has 36 heavy (non-hydrogen) atoms. The molecule has 1 fully saturated rings. The number of benzene rings is 1. The van der Waals surface area contributed by atoms with Gasteiger partial charge in [0.05, 0.1) is 29.9 Å². The van der Waals surface area contributed by atoms with E-state index in [0.717, 1.165) is 22.2 Å². The summed E-state index contributed by atoms with van der Waals surface area (Å²) in [5, 5.41) is 12.9. The van der Waals surface area contributed by atoms with Crippen LogP contribution in [0.15, 0.2) is 36.7 Å². The van der Waals surface area contributed by atoms with Crippen LogP contribution in [0, 0.1) is 18.3 Å². The molecule has 1 aliphatic rings. The van der Waals surface area contributed by atoms with Gasteiger partial charge in [0.2, 0.25) is 5.91 Å². The Kier molecular flexibility index (Phi) is 7.02. The van der Waals surface area contributed by atoms with Crippen molar-refractivity contribution in [1.29, 1.82) is 5.26 Å². The molecule has 0 spiro atoms. The van der Waals surface area contributed by atoms with Crippen molar-refractivity contribution in [2.45, 2.75) is 44.7 Å². The highest BCUT2D eigenvalue weighted by atomic mass is 19.4. The molecule has 1 aliphatic heterocycles. The predicted molar refractivity (Wildman–Crippen MR) is 128 cm³/mol. The summed E-state index contributed by atoms with van der Waals surface area (Å²) in [7, 11) is 1.89. The summed E-state index contributed by atoms with van der Waals surface area (Å²) in [6.07, 6.45) is -1.09. The number of anilines is 1. The third-order valence-electron chi connectivity index (χ3n) is 6.69. The summed E-state index contributed by atoms with van der Waals surface area (Å²) in [5.41, 5.74) is 3.97. The van der Waals surface area contributed by atoms with Gasteiger partial charge in [-0.25, -0.2) is 4.98 Å². The van der Waals surface area contributed by atoms with Gasteiger partial charge in [0, 0.05) is 43.7 Å². The molecule has 0 saturated carbocycles. The molecule has 2 aromatic heterocycles. The summed E-state index contributed by atoms with van der Waals surface area (Å²) in [5.74, 6) is -0.703. The molecule has 7 nitrogen and oxygen atoms in total. The van der Waals surface area contributed by atoms with E-state index in [2.05, 4.69) is 10.3 Å². The lowest BCUT2D eigenvalue weighted by Gasteiger charge is -2.32. The number of piperidine rings is 1. The van der Waals surface area contributed by atoms with Crippen LogP contribution < -0.4 is 5.32 Å². The van der Waals surface area contributed by atoms with Crippen LogP contribution in [0.1, 0.15) is 58.6 Å². The standard InChI is InChI=1S/C26H26F3N5O2/c1-16-21(32-25(36)19-5-3-4-17(12-19)13-30)14-31-24-23(16)20(15-33(24)2)18-7-10-34(11-8-18)22(35)6-9-26(27,28)29/h3-5,12,14-15,18H,6-11H2,1-2H3,(H,32,36). The van der Waals surface area contributed by atoms with Gasteiger partial charge in [-0.15, -0.1) is 0 Å². The molecule has 188 valence electrons. The molecule has 1 aromatic carbocycles. The third-order valence-corrected chi connectivity index (χ3v) is 6.69. The van der Waals surface area contributed by atoms with Crippen molar-refractivity contribution in [3.8, 4) is 6.07 Å². The van der Waals surface area contributed by atoms with E-state index in [1.54, 1.807) is 24.4 Å². The predicted octanol–water partition coefficient (Wildman–Crippen LogP) is 5.05. The Balaban J connectivity index is 1.53. The zero-order chi connectivity index (χ0) is 26.0. The number of amides is 2. The molecular formula is C26H26F3N5O2. The van der Waals surface area contributed by atoms with E-state index >= 15 is 0 Å². The second-order valence-electron chi connectivity index (χ2n) is 9.11. The van der Waals surface area contributed by atoms with E-state index in [4.69, 9.17) is 5.26 Å². The third kappa shape index (κ3) is 5.35. The molecule has 2 amide bonds. The number of aryl methyl sites for hydroxylation is 2. The van der Waals surface area contributed by atoms with Crippen molar-refractivity contribution in [3.63, 3.8) is 0 Å². The molecule has 0 unspecified atom stereocenters. The molecule has 0 radical (unpaired) electrons. The van der Waals surface area contributed by atoms with Crippen LogP contribution in [0.2, 0.25) is 0 Å². The number of nitrogens with one attached hydrogen (secondary N) is 1. The van der Waals surface area contributed by atoms with Crippen LogP contribution >= 0.6 is 0 Å². The van der Waals surface area contributed by atoms with Crippen molar-refractivity contribution in [2.24, 2.45) is 7.05 Å². The van der Waals surface area contributed by atoms with E-state index in [0.29, 0.717) is 42.7 Å². The van der Waals surface area contributed by atoms with E-state index in [1.807, 2.05) is 30.8 Å². The average Bonchev–Trinajstić information content (AvgIpc) is 3.20. The normalized spacial score (nSPS) is 14.6. The number of alkyl halides is 3. The van der Waals surface area contributed by atoms with Gasteiger partial charge < -0.3 is 14.8 Å². The summed E-state index contributed by atoms with van der Waals surface area (Å²) in [4.78, 5) is 31.1. The first-order valence-electron chi connectivity index (χ1n) is 11.7. The topological polar surface area (TPSA) is 91.0 Å². The summed E-state index contributed by atoms with van der Waals surface area (Å²) >= 11 is 0. The van der Waals surface area contributed by atoms with Crippen LogP contribution in [0.25, 0.3) is 11.0 Å². The number of aromatic nitrogens is 2. The number of likely N-dealkylation sites (tertiary alicyclic amines) is 1. The van der Waals surface area contributed by atoms with Gasteiger partial charge in [-0.3, -0.25) is 9.59 Å². The molecule has 10 heteroatoms. The molecule has 3 heterocycles. The molecule has 1 N–H and O–H groups in total. The van der Waals surface area contributed by atoms with Crippen LogP contribution in [-0.2, 0) is 11.8 Å². The number of pyridine rings is 1. The smallest absolute Gasteiger partial charge is 0.343 e. The number of rotatable bonds is 5. The molecule has 4 rings (SSSR count). The zero-order valence-corrected chi connectivity index (χ0v) is 20.0. The van der Waals surface area contributed by atoms with Crippen molar-refractivity contribution in [3.05, 3.63) is 58.9 Å². The van der Waals surface area contributed by atoms with Crippen LogP contribution in [0.3, 0.4) is 0 Å². The number of nitrogens with zero attached hydrogens (tertiary/aromatic N) is 4. The molecule has 0 bridgehead atoms. The number of halogens is 3. The van der Waals surface area contributed by atoms with Crippen molar-refractivity contribution < 1.29 is 22.8 Å². The highest BCUT2D eigenvalue weighted by molar-refractivity contribution is 6.06. The first-order chi connectivity index (χ1) is 17.1. The highest BCUT2D eigenvalue weighted by Gasteiger charge is 2.31. The van der Waals surface area contributed by atoms with E-state index in [9.17, 15) is 22.8 Å². The fourth-order valence-corrected chi connectivity index (χ4v) is 4.74. The minimum Gasteiger partial charge on any atom is -0.343 e. The lowest BCUT2D eigenvalue weighted by atomic mass is 9.88. The van der Waals surface area contributed by atoms with E-state index in [1.165, 1.54) is 11.0 Å². The quantitative estimate of drug-likeness (QED) is 0.534. The van der Waals surface area contributed by atoms with Crippen molar-refractivity contribution in [2.75, 3.05) is 18.4 Å². The number of carbonyl (C=O) groups is 2. The monoisotopic (exact) mass is 497 g/mol. The van der Waals surface area contributed by atoms with Gasteiger partial charge in [-0.2, -0.15) is 18.4 Å². The van der Waals surface area contributed by atoms with Crippen molar-refractivity contribution >= 4 is 28.5 Å². The molecular weight excluding hydrogens is 471 g/mol. The fraction of sp³-hybridized carbons (Fsp3) is 0.385. The second kappa shape index (κ2) is 10.0. The highest BCUT2D eigenvalue weighted by Crippen LogP contribution is 2.37. The Morgan fingerprint density at radius 2 is 1.97 bits per heavy atom. The molecule has 0 aliphatic carbocycles. The Labute approximate surface area is 206 Å². The fourth-order valence-electron chi connectivity index (χ4n) is 4.74. The second-order valence-corrected chi connectivity index (χ2v) is 9.11. The lowest BCUT2D eigenvalue weighted by Crippen LogP contribution is -2.38. The Hall–Kier alpha value is -3.87. The van der Waals surface area contributed by atoms with E-state index in [-0.39, 0.29) is 11.8 Å². The van der Waals surface area contributed by atoms with Crippen LogP contribution in [-0.4, -0.2) is 45.5 Å². The first kappa shape index (κ1) is 25.2. The van der Waals surface area contributed by atoms with E-state index < -0.39 is 24.9 Å². The van der Waals surface area contributed by atoms with Crippen LogP contribution in [0.5, 0.6) is 0 Å². The van der Waals surface area contributed by atoms with Gasteiger partial charge >= 0.3 is 6.18 Å². The first-order valence-corrected chi connectivity index (χ1v) is 11.7. The Bertz CT molecular complexity index is 1350. The number of hydrogen-bond acceptors (Lipinski definition) is 4. The molecule has 1 saturated heterocycles. The average molecular weight is 498 g/mol. The summed E-state index contributed by atoms with van der Waals surface area (Å²) < 4.78 is 39.4. The maximum Gasteiger partial charge on any atom is 0.389 e.